The van der Waals surface area contributed by atoms with E-state index in [0.717, 1.165) is 16.2 Å². The third kappa shape index (κ3) is 3.42. The lowest BCUT2D eigenvalue weighted by atomic mass is 9.92. The topological polar surface area (TPSA) is 102 Å². The molecule has 0 saturated carbocycles. The summed E-state index contributed by atoms with van der Waals surface area (Å²) in [5.74, 6) is 0.722. The van der Waals surface area contributed by atoms with Crippen molar-refractivity contribution in [1.82, 2.24) is 30.4 Å². The first kappa shape index (κ1) is 18.6. The third-order valence-electron chi connectivity index (χ3n) is 4.92. The molecule has 1 aromatic heterocycles. The second kappa shape index (κ2) is 7.34. The van der Waals surface area contributed by atoms with Gasteiger partial charge >= 0.3 is 6.03 Å². The first-order valence-electron chi connectivity index (χ1n) is 9.10. The molecule has 0 aliphatic carbocycles. The van der Waals surface area contributed by atoms with E-state index in [9.17, 15) is 9.59 Å². The second-order valence-corrected chi connectivity index (χ2v) is 6.98. The molecule has 0 spiro atoms. The summed E-state index contributed by atoms with van der Waals surface area (Å²) in [5.41, 5.74) is 0.495. The Kier molecular flexibility index (Phi) is 4.71. The zero-order chi connectivity index (χ0) is 20.4. The standard InChI is InChI=1S/C20H20N6O3/c1-20(12-14-8-6-7-11-16(14)29-2)18(27)25(19(28)21-20)13-17-22-23-24-26(17)15-9-4-3-5-10-15/h3-11H,12-13H2,1-2H3,(H,21,28). The lowest BCUT2D eigenvalue weighted by Crippen LogP contribution is -2.46. The van der Waals surface area contributed by atoms with Crippen LogP contribution in [0.1, 0.15) is 18.3 Å². The molecule has 1 aliphatic heterocycles. The van der Waals surface area contributed by atoms with Gasteiger partial charge in [0.2, 0.25) is 0 Å². The van der Waals surface area contributed by atoms with Crippen LogP contribution in [0.15, 0.2) is 54.6 Å². The minimum Gasteiger partial charge on any atom is -0.496 e. The Bertz CT molecular complexity index is 1050. The van der Waals surface area contributed by atoms with Gasteiger partial charge in [-0.15, -0.1) is 5.10 Å². The number of methoxy groups -OCH3 is 1. The molecule has 1 saturated heterocycles. The van der Waals surface area contributed by atoms with Gasteiger partial charge in [-0.2, -0.15) is 4.68 Å². The molecule has 1 N–H and O–H groups in total. The van der Waals surface area contributed by atoms with Gasteiger partial charge in [-0.1, -0.05) is 36.4 Å². The maximum atomic E-state index is 13.1. The second-order valence-electron chi connectivity index (χ2n) is 6.98. The number of carbonyl (C=O) groups excluding carboxylic acids is 2. The van der Waals surface area contributed by atoms with Crippen molar-refractivity contribution in [1.29, 1.82) is 0 Å². The van der Waals surface area contributed by atoms with Crippen LogP contribution in [0.4, 0.5) is 4.79 Å². The minimum absolute atomic E-state index is 0.0337. The van der Waals surface area contributed by atoms with Gasteiger partial charge in [0.25, 0.3) is 5.91 Å². The maximum Gasteiger partial charge on any atom is 0.325 e. The fraction of sp³-hybridized carbons (Fsp3) is 0.250. The first-order chi connectivity index (χ1) is 14.0. The van der Waals surface area contributed by atoms with Crippen LogP contribution in [0.5, 0.6) is 5.75 Å². The number of para-hydroxylation sites is 2. The van der Waals surface area contributed by atoms with Crippen molar-refractivity contribution in [2.24, 2.45) is 0 Å². The molecule has 9 nitrogen and oxygen atoms in total. The van der Waals surface area contributed by atoms with Crippen molar-refractivity contribution >= 4 is 11.9 Å². The predicted molar refractivity (Wildman–Crippen MR) is 103 cm³/mol. The van der Waals surface area contributed by atoms with E-state index in [1.54, 1.807) is 14.0 Å². The summed E-state index contributed by atoms with van der Waals surface area (Å²) in [6.07, 6.45) is 0.307. The molecule has 3 aromatic rings. The number of urea groups is 1. The highest BCUT2D eigenvalue weighted by molar-refractivity contribution is 6.06. The molecule has 4 rings (SSSR count). The van der Waals surface area contributed by atoms with Crippen LogP contribution < -0.4 is 10.1 Å². The van der Waals surface area contributed by atoms with E-state index in [1.807, 2.05) is 54.6 Å². The fourth-order valence-corrected chi connectivity index (χ4v) is 3.46. The average molecular weight is 392 g/mol. The molecule has 3 amide bonds. The summed E-state index contributed by atoms with van der Waals surface area (Å²) in [6, 6.07) is 16.2. The molecular formula is C20H20N6O3. The number of amides is 3. The molecule has 1 aliphatic rings. The van der Waals surface area contributed by atoms with Crippen LogP contribution in [-0.4, -0.2) is 49.7 Å². The van der Waals surface area contributed by atoms with Crippen molar-refractivity contribution in [3.8, 4) is 11.4 Å². The number of aromatic nitrogens is 4. The van der Waals surface area contributed by atoms with E-state index in [0.29, 0.717) is 18.0 Å². The van der Waals surface area contributed by atoms with E-state index in [-0.39, 0.29) is 12.5 Å². The van der Waals surface area contributed by atoms with Crippen LogP contribution in [0, 0.1) is 0 Å². The number of nitrogens with zero attached hydrogens (tertiary/aromatic N) is 5. The highest BCUT2D eigenvalue weighted by Gasteiger charge is 2.48. The van der Waals surface area contributed by atoms with Crippen molar-refractivity contribution in [3.63, 3.8) is 0 Å². The third-order valence-corrected chi connectivity index (χ3v) is 4.92. The molecule has 148 valence electrons. The first-order valence-corrected chi connectivity index (χ1v) is 9.10. The maximum absolute atomic E-state index is 13.1. The van der Waals surface area contributed by atoms with Gasteiger partial charge in [0.05, 0.1) is 19.3 Å². The number of nitrogens with one attached hydrogen (secondary N) is 1. The number of imide groups is 1. The highest BCUT2D eigenvalue weighted by Crippen LogP contribution is 2.28. The Labute approximate surface area is 167 Å². The zero-order valence-electron chi connectivity index (χ0n) is 16.1. The van der Waals surface area contributed by atoms with Crippen LogP contribution in [-0.2, 0) is 17.8 Å². The van der Waals surface area contributed by atoms with E-state index in [1.165, 1.54) is 4.68 Å². The van der Waals surface area contributed by atoms with Gasteiger partial charge in [0, 0.05) is 6.42 Å². The van der Waals surface area contributed by atoms with Crippen LogP contribution in [0.25, 0.3) is 5.69 Å². The SMILES string of the molecule is COc1ccccc1CC1(C)NC(=O)N(Cc2nnnn2-c2ccccc2)C1=O. The van der Waals surface area contributed by atoms with Gasteiger partial charge in [-0.3, -0.25) is 9.69 Å². The van der Waals surface area contributed by atoms with Crippen molar-refractivity contribution in [2.75, 3.05) is 7.11 Å². The average Bonchev–Trinajstić information content (AvgIpc) is 3.28. The van der Waals surface area contributed by atoms with Crippen LogP contribution >= 0.6 is 0 Å². The summed E-state index contributed by atoms with van der Waals surface area (Å²) in [4.78, 5) is 26.9. The number of hydrogen-bond acceptors (Lipinski definition) is 6. The Hall–Kier alpha value is -3.75. The fourth-order valence-electron chi connectivity index (χ4n) is 3.46. The summed E-state index contributed by atoms with van der Waals surface area (Å²) >= 11 is 0. The Morgan fingerprint density at radius 1 is 1.07 bits per heavy atom. The monoisotopic (exact) mass is 392 g/mol. The summed E-state index contributed by atoms with van der Waals surface area (Å²) in [7, 11) is 1.58. The van der Waals surface area contributed by atoms with Gasteiger partial charge < -0.3 is 10.1 Å². The highest BCUT2D eigenvalue weighted by atomic mass is 16.5. The zero-order valence-corrected chi connectivity index (χ0v) is 16.1. The predicted octanol–water partition coefficient (Wildman–Crippen LogP) is 1.72. The molecule has 29 heavy (non-hydrogen) atoms. The number of tetrazole rings is 1. The van der Waals surface area contributed by atoms with Gasteiger partial charge in [0.15, 0.2) is 5.82 Å². The van der Waals surface area contributed by atoms with Crippen LogP contribution in [0.2, 0.25) is 0 Å². The van der Waals surface area contributed by atoms with Gasteiger partial charge in [-0.05, 0) is 41.1 Å². The number of carbonyl (C=O) groups is 2. The normalized spacial score (nSPS) is 18.8. The molecule has 1 fully saturated rings. The van der Waals surface area contributed by atoms with Crippen LogP contribution in [0.3, 0.4) is 0 Å². The van der Waals surface area contributed by atoms with Crippen molar-refractivity contribution < 1.29 is 14.3 Å². The molecule has 0 bridgehead atoms. The molecule has 2 heterocycles. The number of ether oxygens (including phenoxy) is 1. The van der Waals surface area contributed by atoms with Crippen molar-refractivity contribution in [2.45, 2.75) is 25.4 Å². The number of rotatable bonds is 6. The molecule has 2 aromatic carbocycles. The summed E-state index contributed by atoms with van der Waals surface area (Å²) < 4.78 is 6.88. The lowest BCUT2D eigenvalue weighted by molar-refractivity contribution is -0.131. The van der Waals surface area contributed by atoms with Gasteiger partial charge in [0.1, 0.15) is 11.3 Å². The van der Waals surface area contributed by atoms with E-state index in [4.69, 9.17) is 4.74 Å². The quantitative estimate of drug-likeness (QED) is 0.641. The molecule has 0 radical (unpaired) electrons. The lowest BCUT2D eigenvalue weighted by Gasteiger charge is -2.22. The Balaban J connectivity index is 1.57. The van der Waals surface area contributed by atoms with Crippen molar-refractivity contribution in [3.05, 3.63) is 66.0 Å². The van der Waals surface area contributed by atoms with E-state index in [2.05, 4.69) is 20.8 Å². The van der Waals surface area contributed by atoms with Gasteiger partial charge in [-0.25, -0.2) is 4.79 Å². The number of hydrogen-bond donors (Lipinski definition) is 1. The largest absolute Gasteiger partial charge is 0.496 e. The smallest absolute Gasteiger partial charge is 0.325 e. The minimum atomic E-state index is -1.09. The molecule has 1 atom stereocenters. The number of benzene rings is 2. The Morgan fingerprint density at radius 2 is 1.79 bits per heavy atom. The summed E-state index contributed by atoms with van der Waals surface area (Å²) in [6.45, 7) is 1.67. The molecule has 1 unspecified atom stereocenters. The molecular weight excluding hydrogens is 372 g/mol. The van der Waals surface area contributed by atoms with E-state index < -0.39 is 11.6 Å². The summed E-state index contributed by atoms with van der Waals surface area (Å²) in [5, 5.41) is 14.5. The molecule has 9 heteroatoms. The Morgan fingerprint density at radius 3 is 2.55 bits per heavy atom. The van der Waals surface area contributed by atoms with E-state index >= 15 is 0 Å².